The molecule has 1 aliphatic carbocycles. The molecular formula is C16H14O4. The molecule has 1 aromatic rings. The molecule has 0 N–H and O–H groups in total. The lowest BCUT2D eigenvalue weighted by Gasteiger charge is -2.29. The lowest BCUT2D eigenvalue weighted by atomic mass is 9.82. The van der Waals surface area contributed by atoms with Crippen LogP contribution in [0.4, 0.5) is 0 Å². The van der Waals surface area contributed by atoms with Crippen molar-refractivity contribution in [3.8, 4) is 5.75 Å². The Labute approximate surface area is 116 Å². The van der Waals surface area contributed by atoms with E-state index in [1.807, 2.05) is 19.9 Å². The van der Waals surface area contributed by atoms with Gasteiger partial charge in [0.25, 0.3) is 0 Å². The molecule has 0 unspecified atom stereocenters. The summed E-state index contributed by atoms with van der Waals surface area (Å²) < 4.78 is 11.0. The summed E-state index contributed by atoms with van der Waals surface area (Å²) in [5, 5.41) is 0. The highest BCUT2D eigenvalue weighted by Gasteiger charge is 2.38. The van der Waals surface area contributed by atoms with E-state index >= 15 is 0 Å². The lowest BCUT2D eigenvalue weighted by Crippen LogP contribution is -2.26. The van der Waals surface area contributed by atoms with Crippen molar-refractivity contribution in [3.63, 3.8) is 0 Å². The van der Waals surface area contributed by atoms with Crippen LogP contribution in [0.3, 0.4) is 0 Å². The van der Waals surface area contributed by atoms with E-state index in [9.17, 15) is 9.59 Å². The van der Waals surface area contributed by atoms with Gasteiger partial charge in [-0.15, -0.1) is 0 Å². The molecule has 0 saturated carbocycles. The number of hydrogen-bond acceptors (Lipinski definition) is 4. The van der Waals surface area contributed by atoms with Gasteiger partial charge in [0, 0.05) is 11.1 Å². The Morgan fingerprint density at radius 2 is 1.65 bits per heavy atom. The molecule has 4 heteroatoms. The molecule has 20 heavy (non-hydrogen) atoms. The average Bonchev–Trinajstić information content (AvgIpc) is 2.46. The van der Waals surface area contributed by atoms with Gasteiger partial charge in [-0.3, -0.25) is 9.59 Å². The van der Waals surface area contributed by atoms with Gasteiger partial charge in [0.15, 0.2) is 0 Å². The van der Waals surface area contributed by atoms with Crippen LogP contribution >= 0.6 is 0 Å². The van der Waals surface area contributed by atoms with Crippen molar-refractivity contribution >= 4 is 22.9 Å². The molecule has 3 rings (SSSR count). The fourth-order valence-electron chi connectivity index (χ4n) is 2.65. The lowest BCUT2D eigenvalue weighted by molar-refractivity contribution is -0.111. The monoisotopic (exact) mass is 270 g/mol. The number of ketones is 2. The van der Waals surface area contributed by atoms with E-state index in [1.54, 1.807) is 13.0 Å². The molecule has 4 nitrogen and oxygen atoms in total. The predicted molar refractivity (Wildman–Crippen MR) is 74.3 cm³/mol. The Balaban J connectivity index is 2.48. The van der Waals surface area contributed by atoms with Crippen molar-refractivity contribution in [2.24, 2.45) is 0 Å². The van der Waals surface area contributed by atoms with Gasteiger partial charge in [-0.25, -0.2) is 0 Å². The number of ether oxygens (including phenoxy) is 2. The third-order valence-electron chi connectivity index (χ3n) is 3.92. The van der Waals surface area contributed by atoms with Gasteiger partial charge >= 0.3 is 0 Å². The van der Waals surface area contributed by atoms with Crippen molar-refractivity contribution in [1.29, 1.82) is 0 Å². The largest absolute Gasteiger partial charge is 0.496 e. The molecule has 0 spiro atoms. The van der Waals surface area contributed by atoms with E-state index < -0.39 is 11.6 Å². The minimum absolute atomic E-state index is 0.308. The van der Waals surface area contributed by atoms with Crippen molar-refractivity contribution in [2.75, 3.05) is 7.11 Å². The molecule has 0 fully saturated rings. The van der Waals surface area contributed by atoms with Gasteiger partial charge < -0.3 is 9.47 Å². The summed E-state index contributed by atoms with van der Waals surface area (Å²) in [5.41, 5.74) is 3.21. The Morgan fingerprint density at radius 3 is 2.30 bits per heavy atom. The zero-order valence-corrected chi connectivity index (χ0v) is 11.8. The van der Waals surface area contributed by atoms with Crippen LogP contribution in [0.15, 0.2) is 23.5 Å². The molecule has 102 valence electrons. The van der Waals surface area contributed by atoms with Crippen molar-refractivity contribution in [3.05, 3.63) is 40.2 Å². The fourth-order valence-corrected chi connectivity index (χ4v) is 2.65. The first-order chi connectivity index (χ1) is 9.47. The third kappa shape index (κ3) is 1.42. The van der Waals surface area contributed by atoms with E-state index in [1.165, 1.54) is 7.11 Å². The maximum absolute atomic E-state index is 12.3. The van der Waals surface area contributed by atoms with Gasteiger partial charge in [0.2, 0.25) is 11.6 Å². The fraction of sp³-hybridized carbons (Fsp3) is 0.250. The number of rotatable bonds is 1. The van der Waals surface area contributed by atoms with Crippen LogP contribution in [0.25, 0.3) is 11.3 Å². The predicted octanol–water partition coefficient (Wildman–Crippen LogP) is 2.97. The summed E-state index contributed by atoms with van der Waals surface area (Å²) in [6, 6.07) is 3.62. The van der Waals surface area contributed by atoms with Crippen LogP contribution in [0.5, 0.6) is 5.75 Å². The summed E-state index contributed by atoms with van der Waals surface area (Å²) in [6.07, 6.45) is 0. The minimum Gasteiger partial charge on any atom is -0.496 e. The molecule has 0 bridgehead atoms. The molecule has 1 aliphatic heterocycles. The number of benzene rings is 1. The maximum atomic E-state index is 12.3. The number of hydrogen-bond donors (Lipinski definition) is 0. The van der Waals surface area contributed by atoms with Gasteiger partial charge in [0.1, 0.15) is 17.3 Å². The molecule has 0 atom stereocenters. The minimum atomic E-state index is -0.532. The smallest absolute Gasteiger partial charge is 0.237 e. The molecule has 0 amide bonds. The Bertz CT molecular complexity index is 735. The Hall–Kier alpha value is -2.36. The molecular weight excluding hydrogens is 256 g/mol. The maximum Gasteiger partial charge on any atom is 0.237 e. The van der Waals surface area contributed by atoms with Crippen LogP contribution in [0.1, 0.15) is 42.3 Å². The van der Waals surface area contributed by atoms with Crippen molar-refractivity contribution in [1.82, 2.24) is 0 Å². The quantitative estimate of drug-likeness (QED) is 0.736. The van der Waals surface area contributed by atoms with Crippen molar-refractivity contribution < 1.29 is 19.1 Å². The van der Waals surface area contributed by atoms with Gasteiger partial charge in [0.05, 0.1) is 12.7 Å². The van der Waals surface area contributed by atoms with Crippen LogP contribution in [-0.4, -0.2) is 18.7 Å². The van der Waals surface area contributed by atoms with Gasteiger partial charge in [-0.05, 0) is 38.0 Å². The first-order valence-electron chi connectivity index (χ1n) is 6.34. The van der Waals surface area contributed by atoms with Crippen LogP contribution < -0.4 is 4.74 Å². The van der Waals surface area contributed by atoms with Crippen LogP contribution in [-0.2, 0) is 9.53 Å². The highest BCUT2D eigenvalue weighted by molar-refractivity contribution is 6.52. The van der Waals surface area contributed by atoms with E-state index in [2.05, 4.69) is 0 Å². The van der Waals surface area contributed by atoms with E-state index in [0.29, 0.717) is 28.2 Å². The van der Waals surface area contributed by atoms with Gasteiger partial charge in [-0.1, -0.05) is 6.07 Å². The topological polar surface area (TPSA) is 52.6 Å². The summed E-state index contributed by atoms with van der Waals surface area (Å²) in [4.78, 5) is 24.4. The molecule has 1 aromatic carbocycles. The summed E-state index contributed by atoms with van der Waals surface area (Å²) in [5.74, 6) is 0.556. The first-order valence-corrected chi connectivity index (χ1v) is 6.34. The average molecular weight is 270 g/mol. The first kappa shape index (κ1) is 12.7. The van der Waals surface area contributed by atoms with Crippen LogP contribution in [0, 0.1) is 0 Å². The van der Waals surface area contributed by atoms with Gasteiger partial charge in [-0.2, -0.15) is 0 Å². The number of Topliss-reactive ketones (excluding diaryl/α,β-unsaturated/α-hetero) is 2. The number of methoxy groups -OCH3 is 1. The Morgan fingerprint density at radius 1 is 0.950 bits per heavy atom. The number of allylic oxidation sites excluding steroid dienone is 3. The highest BCUT2D eigenvalue weighted by Crippen LogP contribution is 2.44. The summed E-state index contributed by atoms with van der Waals surface area (Å²) in [7, 11) is 1.48. The third-order valence-corrected chi connectivity index (χ3v) is 3.92. The zero-order valence-electron chi connectivity index (χ0n) is 11.8. The molecule has 0 aromatic heterocycles. The molecule has 2 aliphatic rings. The summed E-state index contributed by atoms with van der Waals surface area (Å²) >= 11 is 0. The molecule has 0 radical (unpaired) electrons. The molecule has 1 heterocycles. The number of carbonyl (C=O) groups excluding carboxylic acids is 2. The highest BCUT2D eigenvalue weighted by atomic mass is 16.5. The van der Waals surface area contributed by atoms with E-state index in [4.69, 9.17) is 9.47 Å². The standard InChI is InChI=1S/C16H14O4/c1-7-9(3)20-16-8(2)14(17)15(18)13-11(19-4)6-5-10(7)12(13)16/h5-6H,1-4H3. The summed E-state index contributed by atoms with van der Waals surface area (Å²) in [6.45, 7) is 5.41. The van der Waals surface area contributed by atoms with Crippen molar-refractivity contribution in [2.45, 2.75) is 20.8 Å². The second-order valence-electron chi connectivity index (χ2n) is 4.96. The second-order valence-corrected chi connectivity index (χ2v) is 4.96. The SMILES string of the molecule is COc1ccc2c3c1C(=O)C(=O)C(C)=C3OC(C)=C2C. The van der Waals surface area contributed by atoms with E-state index in [0.717, 1.165) is 16.9 Å². The zero-order chi connectivity index (χ0) is 14.6. The number of carbonyl (C=O) groups is 2. The second kappa shape index (κ2) is 4.07. The van der Waals surface area contributed by atoms with Crippen LogP contribution in [0.2, 0.25) is 0 Å². The van der Waals surface area contributed by atoms with E-state index in [-0.39, 0.29) is 0 Å². The normalized spacial score (nSPS) is 17.2. The Kier molecular flexibility index (Phi) is 2.57. The molecule has 0 saturated heterocycles.